The predicted octanol–water partition coefficient (Wildman–Crippen LogP) is 1.56. The van der Waals surface area contributed by atoms with Gasteiger partial charge < -0.3 is 10.1 Å². The summed E-state index contributed by atoms with van der Waals surface area (Å²) in [6.07, 6.45) is 2.96. The minimum atomic E-state index is -0.558. The fourth-order valence-electron chi connectivity index (χ4n) is 1.52. The topological polar surface area (TPSA) is 92.4 Å². The number of urea groups is 1. The zero-order valence-electron chi connectivity index (χ0n) is 11.3. The van der Waals surface area contributed by atoms with Gasteiger partial charge in [-0.05, 0) is 36.4 Å². The van der Waals surface area contributed by atoms with E-state index in [0.717, 1.165) is 0 Å². The summed E-state index contributed by atoms with van der Waals surface area (Å²) in [5, 5.41) is 2.56. The fraction of sp³-hybridized carbons (Fsp3) is 0.0714. The third-order valence-electron chi connectivity index (χ3n) is 2.56. The Labute approximate surface area is 121 Å². The van der Waals surface area contributed by atoms with Gasteiger partial charge in [-0.3, -0.25) is 15.2 Å². The lowest BCUT2D eigenvalue weighted by molar-refractivity contribution is 0.0937. The lowest BCUT2D eigenvalue weighted by atomic mass is 10.3. The first-order valence-corrected chi connectivity index (χ1v) is 6.10. The largest absolute Gasteiger partial charge is 0.497 e. The Kier molecular flexibility index (Phi) is 4.70. The van der Waals surface area contributed by atoms with Crippen LogP contribution in [-0.2, 0) is 0 Å². The van der Waals surface area contributed by atoms with Crippen molar-refractivity contribution in [2.75, 3.05) is 12.4 Å². The Morgan fingerprint density at radius 2 is 1.86 bits per heavy atom. The second-order valence-corrected chi connectivity index (χ2v) is 4.00. The lowest BCUT2D eigenvalue weighted by Gasteiger charge is -2.09. The standard InChI is InChI=1S/C14H14N4O3/c1-21-12-6-4-11(5-7-12)16-14(20)18-17-13(19)10-3-2-8-15-9-10/h2-9H,1H3,(H,17,19)(H2,16,18,20). The molecule has 7 heteroatoms. The van der Waals surface area contributed by atoms with E-state index in [1.54, 1.807) is 49.7 Å². The highest BCUT2D eigenvalue weighted by Gasteiger charge is 2.07. The first kappa shape index (κ1) is 14.3. The molecule has 108 valence electrons. The van der Waals surface area contributed by atoms with Crippen molar-refractivity contribution in [3.05, 3.63) is 54.4 Å². The number of benzene rings is 1. The Morgan fingerprint density at radius 3 is 2.48 bits per heavy atom. The number of aromatic nitrogens is 1. The van der Waals surface area contributed by atoms with Crippen LogP contribution in [0.25, 0.3) is 0 Å². The summed E-state index contributed by atoms with van der Waals surface area (Å²) >= 11 is 0. The van der Waals surface area contributed by atoms with Gasteiger partial charge in [0.15, 0.2) is 0 Å². The number of hydrogen-bond donors (Lipinski definition) is 3. The highest BCUT2D eigenvalue weighted by molar-refractivity contribution is 5.96. The van der Waals surface area contributed by atoms with Gasteiger partial charge in [0.25, 0.3) is 5.91 Å². The van der Waals surface area contributed by atoms with Gasteiger partial charge in [-0.1, -0.05) is 0 Å². The average molecular weight is 286 g/mol. The summed E-state index contributed by atoms with van der Waals surface area (Å²) in [6.45, 7) is 0. The number of pyridine rings is 1. The monoisotopic (exact) mass is 286 g/mol. The number of carbonyl (C=O) groups is 2. The van der Waals surface area contributed by atoms with Gasteiger partial charge in [0, 0.05) is 18.1 Å². The molecule has 2 rings (SSSR count). The number of nitrogens with zero attached hydrogens (tertiary/aromatic N) is 1. The van der Waals surface area contributed by atoms with E-state index in [1.165, 1.54) is 6.20 Å². The van der Waals surface area contributed by atoms with Crippen LogP contribution >= 0.6 is 0 Å². The third kappa shape index (κ3) is 4.20. The second-order valence-electron chi connectivity index (χ2n) is 4.00. The molecule has 0 unspecified atom stereocenters. The van der Waals surface area contributed by atoms with Gasteiger partial charge >= 0.3 is 6.03 Å². The molecule has 0 saturated carbocycles. The molecule has 0 fully saturated rings. The number of amides is 3. The third-order valence-corrected chi connectivity index (χ3v) is 2.56. The predicted molar refractivity (Wildman–Crippen MR) is 76.9 cm³/mol. The molecular weight excluding hydrogens is 272 g/mol. The van der Waals surface area contributed by atoms with Crippen LogP contribution in [0.1, 0.15) is 10.4 Å². The van der Waals surface area contributed by atoms with E-state index in [2.05, 4.69) is 21.2 Å². The van der Waals surface area contributed by atoms with E-state index < -0.39 is 11.9 Å². The van der Waals surface area contributed by atoms with E-state index in [-0.39, 0.29) is 0 Å². The maximum absolute atomic E-state index is 11.7. The van der Waals surface area contributed by atoms with Gasteiger partial charge in [0.05, 0.1) is 12.7 Å². The van der Waals surface area contributed by atoms with Gasteiger partial charge in [-0.25, -0.2) is 10.2 Å². The van der Waals surface area contributed by atoms with Crippen LogP contribution < -0.4 is 20.9 Å². The van der Waals surface area contributed by atoms with Crippen LogP contribution in [0.4, 0.5) is 10.5 Å². The molecule has 0 aliphatic rings. The van der Waals surface area contributed by atoms with E-state index in [0.29, 0.717) is 17.0 Å². The summed E-state index contributed by atoms with van der Waals surface area (Å²) in [5.41, 5.74) is 5.45. The Balaban J connectivity index is 1.83. The van der Waals surface area contributed by atoms with Crippen molar-refractivity contribution in [1.29, 1.82) is 0 Å². The molecule has 3 N–H and O–H groups in total. The molecule has 0 saturated heterocycles. The zero-order valence-corrected chi connectivity index (χ0v) is 11.3. The molecule has 1 aromatic heterocycles. The van der Waals surface area contributed by atoms with Crippen LogP contribution in [0.2, 0.25) is 0 Å². The molecule has 0 atom stereocenters. The van der Waals surface area contributed by atoms with Crippen LogP contribution in [0, 0.1) is 0 Å². The molecule has 0 aliphatic carbocycles. The summed E-state index contributed by atoms with van der Waals surface area (Å²) in [7, 11) is 1.56. The summed E-state index contributed by atoms with van der Waals surface area (Å²) in [4.78, 5) is 27.1. The van der Waals surface area contributed by atoms with Gasteiger partial charge in [-0.15, -0.1) is 0 Å². The molecule has 1 aromatic carbocycles. The van der Waals surface area contributed by atoms with Crippen molar-refractivity contribution in [1.82, 2.24) is 15.8 Å². The van der Waals surface area contributed by atoms with Crippen molar-refractivity contribution in [3.63, 3.8) is 0 Å². The number of carbonyl (C=O) groups excluding carboxylic acids is 2. The summed E-state index contributed by atoms with van der Waals surface area (Å²) in [6, 6.07) is 9.45. The average Bonchev–Trinajstić information content (AvgIpc) is 2.54. The van der Waals surface area contributed by atoms with Gasteiger partial charge in [0.2, 0.25) is 0 Å². The van der Waals surface area contributed by atoms with E-state index in [1.807, 2.05) is 0 Å². The summed E-state index contributed by atoms with van der Waals surface area (Å²) in [5.74, 6) is 0.235. The molecule has 0 bridgehead atoms. The molecular formula is C14H14N4O3. The molecule has 1 heterocycles. The van der Waals surface area contributed by atoms with Gasteiger partial charge in [-0.2, -0.15) is 0 Å². The number of nitrogens with one attached hydrogen (secondary N) is 3. The number of ether oxygens (including phenoxy) is 1. The van der Waals surface area contributed by atoms with Crippen LogP contribution in [0.15, 0.2) is 48.8 Å². The smallest absolute Gasteiger partial charge is 0.337 e. The number of hydrogen-bond acceptors (Lipinski definition) is 4. The zero-order chi connectivity index (χ0) is 15.1. The minimum absolute atomic E-state index is 0.349. The minimum Gasteiger partial charge on any atom is -0.497 e. The molecule has 21 heavy (non-hydrogen) atoms. The Morgan fingerprint density at radius 1 is 1.10 bits per heavy atom. The maximum Gasteiger partial charge on any atom is 0.337 e. The van der Waals surface area contributed by atoms with Gasteiger partial charge in [0.1, 0.15) is 5.75 Å². The molecule has 0 radical (unpaired) electrons. The first-order chi connectivity index (χ1) is 10.2. The number of rotatable bonds is 3. The van der Waals surface area contributed by atoms with E-state index in [9.17, 15) is 9.59 Å². The Bertz CT molecular complexity index is 614. The molecule has 7 nitrogen and oxygen atoms in total. The second kappa shape index (κ2) is 6.90. The SMILES string of the molecule is COc1ccc(NC(=O)NNC(=O)c2cccnc2)cc1. The number of anilines is 1. The highest BCUT2D eigenvalue weighted by atomic mass is 16.5. The first-order valence-electron chi connectivity index (χ1n) is 6.10. The highest BCUT2D eigenvalue weighted by Crippen LogP contribution is 2.14. The van der Waals surface area contributed by atoms with Crippen LogP contribution in [0.3, 0.4) is 0 Å². The molecule has 2 aromatic rings. The van der Waals surface area contributed by atoms with Crippen molar-refractivity contribution < 1.29 is 14.3 Å². The van der Waals surface area contributed by atoms with Crippen LogP contribution in [0.5, 0.6) is 5.75 Å². The fourth-order valence-corrected chi connectivity index (χ4v) is 1.52. The quantitative estimate of drug-likeness (QED) is 0.746. The number of methoxy groups -OCH3 is 1. The normalized spacial score (nSPS) is 9.57. The van der Waals surface area contributed by atoms with Crippen molar-refractivity contribution in [2.45, 2.75) is 0 Å². The maximum atomic E-state index is 11.7. The molecule has 3 amide bonds. The molecule has 0 spiro atoms. The molecule has 0 aliphatic heterocycles. The van der Waals surface area contributed by atoms with E-state index in [4.69, 9.17) is 4.74 Å². The van der Waals surface area contributed by atoms with Crippen molar-refractivity contribution in [2.24, 2.45) is 0 Å². The van der Waals surface area contributed by atoms with Crippen LogP contribution in [-0.4, -0.2) is 24.0 Å². The van der Waals surface area contributed by atoms with Crippen molar-refractivity contribution in [3.8, 4) is 5.75 Å². The summed E-state index contributed by atoms with van der Waals surface area (Å²) < 4.78 is 5.01. The lowest BCUT2D eigenvalue weighted by Crippen LogP contribution is -2.43. The number of hydrazine groups is 1. The Hall–Kier alpha value is -3.09. The van der Waals surface area contributed by atoms with Crippen molar-refractivity contribution >= 4 is 17.6 Å². The van der Waals surface area contributed by atoms with E-state index >= 15 is 0 Å².